The zero-order chi connectivity index (χ0) is 6.85. The van der Waals surface area contributed by atoms with Gasteiger partial charge in [-0.2, -0.15) is 0 Å². The first-order chi connectivity index (χ1) is 4.20. The van der Waals surface area contributed by atoms with Crippen LogP contribution in [0.4, 0.5) is 0 Å². The first-order valence-electron chi connectivity index (χ1n) is 3.23. The van der Waals surface area contributed by atoms with Crippen LogP contribution in [0.5, 0.6) is 0 Å². The Labute approximate surface area is 72.3 Å². The summed E-state index contributed by atoms with van der Waals surface area (Å²) in [6.07, 6.45) is 6.19. The number of hydrogen-bond donors (Lipinski definition) is 0. The molecule has 0 saturated carbocycles. The van der Waals surface area contributed by atoms with Crippen molar-refractivity contribution in [1.29, 1.82) is 0 Å². The molecule has 0 aliphatic heterocycles. The molecular formula is C7H13BrN2. The molecule has 0 aromatic carbocycles. The van der Waals surface area contributed by atoms with Gasteiger partial charge in [-0.3, -0.25) is 0 Å². The van der Waals surface area contributed by atoms with Crippen LogP contribution in [-0.2, 0) is 7.05 Å². The van der Waals surface area contributed by atoms with Crippen molar-refractivity contribution in [3.8, 4) is 0 Å². The van der Waals surface area contributed by atoms with Crippen LogP contribution < -0.4 is 21.5 Å². The molecule has 3 heteroatoms. The minimum absolute atomic E-state index is 0. The number of imidazole rings is 1. The van der Waals surface area contributed by atoms with E-state index in [9.17, 15) is 0 Å². The molecule has 0 bridgehead atoms. The fourth-order valence-corrected chi connectivity index (χ4v) is 0.775. The second-order valence-electron chi connectivity index (χ2n) is 2.62. The summed E-state index contributed by atoms with van der Waals surface area (Å²) in [5.74, 6) is 0. The summed E-state index contributed by atoms with van der Waals surface area (Å²) < 4.78 is 4.21. The topological polar surface area (TPSA) is 8.81 Å². The molecule has 1 rings (SSSR count). The highest BCUT2D eigenvalue weighted by molar-refractivity contribution is 4.69. The summed E-state index contributed by atoms with van der Waals surface area (Å²) in [5.41, 5.74) is 0. The third-order valence-corrected chi connectivity index (χ3v) is 1.39. The Kier molecular flexibility index (Phi) is 3.64. The van der Waals surface area contributed by atoms with Gasteiger partial charge in [0, 0.05) is 0 Å². The van der Waals surface area contributed by atoms with E-state index in [1.165, 1.54) is 0 Å². The molecule has 1 aromatic heterocycles. The molecule has 1 heterocycles. The van der Waals surface area contributed by atoms with E-state index in [-0.39, 0.29) is 17.0 Å². The molecule has 0 fully saturated rings. The van der Waals surface area contributed by atoms with Crippen LogP contribution in [0.3, 0.4) is 0 Å². The van der Waals surface area contributed by atoms with Crippen molar-refractivity contribution in [3.63, 3.8) is 0 Å². The van der Waals surface area contributed by atoms with Gasteiger partial charge in [-0.25, -0.2) is 9.13 Å². The van der Waals surface area contributed by atoms with E-state index in [1.807, 2.05) is 17.8 Å². The van der Waals surface area contributed by atoms with Crippen molar-refractivity contribution in [1.82, 2.24) is 4.57 Å². The number of halogens is 1. The molecule has 58 valence electrons. The van der Waals surface area contributed by atoms with Crippen molar-refractivity contribution in [3.05, 3.63) is 18.7 Å². The Morgan fingerprint density at radius 1 is 1.40 bits per heavy atom. The summed E-state index contributed by atoms with van der Waals surface area (Å²) in [5, 5.41) is 0. The predicted octanol–water partition coefficient (Wildman–Crippen LogP) is -2.10. The van der Waals surface area contributed by atoms with Gasteiger partial charge in [-0.15, -0.1) is 0 Å². The summed E-state index contributed by atoms with van der Waals surface area (Å²) in [4.78, 5) is 0. The number of rotatable bonds is 1. The third-order valence-electron chi connectivity index (χ3n) is 1.39. The van der Waals surface area contributed by atoms with E-state index < -0.39 is 0 Å². The zero-order valence-electron chi connectivity index (χ0n) is 6.58. The molecule has 0 spiro atoms. The monoisotopic (exact) mass is 204 g/mol. The standard InChI is InChI=1S/C7H13N2.BrH/c1-7(2)9-5-4-8(3)6-9;/h4-7H,1-3H3;1H/q+1;/p-1. The molecule has 2 nitrogen and oxygen atoms in total. The Bertz CT molecular complexity index is 193. The predicted molar refractivity (Wildman–Crippen MR) is 36.0 cm³/mol. The molecular weight excluding hydrogens is 192 g/mol. The van der Waals surface area contributed by atoms with Crippen LogP contribution in [0.2, 0.25) is 0 Å². The lowest BCUT2D eigenvalue weighted by Crippen LogP contribution is -3.00. The summed E-state index contributed by atoms with van der Waals surface area (Å²) >= 11 is 0. The van der Waals surface area contributed by atoms with Crippen LogP contribution in [0.1, 0.15) is 19.9 Å². The summed E-state index contributed by atoms with van der Waals surface area (Å²) in [6, 6.07) is 0.575. The average Bonchev–Trinajstić information content (AvgIpc) is 2.14. The number of aryl methyl sites for hydroxylation is 1. The van der Waals surface area contributed by atoms with Crippen molar-refractivity contribution in [2.45, 2.75) is 19.9 Å². The van der Waals surface area contributed by atoms with Crippen molar-refractivity contribution in [2.75, 3.05) is 0 Å². The lowest BCUT2D eigenvalue weighted by atomic mass is 10.4. The van der Waals surface area contributed by atoms with E-state index in [2.05, 4.69) is 30.9 Å². The first-order valence-corrected chi connectivity index (χ1v) is 3.23. The Hall–Kier alpha value is -0.310. The highest BCUT2D eigenvalue weighted by Crippen LogP contribution is 1.98. The van der Waals surface area contributed by atoms with Crippen LogP contribution in [-0.4, -0.2) is 4.57 Å². The second-order valence-corrected chi connectivity index (χ2v) is 2.62. The molecule has 0 aliphatic carbocycles. The van der Waals surface area contributed by atoms with Crippen LogP contribution in [0.25, 0.3) is 0 Å². The first kappa shape index (κ1) is 9.69. The van der Waals surface area contributed by atoms with Crippen LogP contribution in [0, 0.1) is 0 Å². The third kappa shape index (κ3) is 2.14. The smallest absolute Gasteiger partial charge is 0.243 e. The number of aromatic nitrogens is 2. The van der Waals surface area contributed by atoms with Crippen LogP contribution in [0.15, 0.2) is 18.7 Å². The molecule has 0 amide bonds. The quantitative estimate of drug-likeness (QED) is 0.464. The van der Waals surface area contributed by atoms with Crippen molar-refractivity contribution < 1.29 is 21.5 Å². The summed E-state index contributed by atoms with van der Waals surface area (Å²) in [6.45, 7) is 4.33. The van der Waals surface area contributed by atoms with E-state index in [1.54, 1.807) is 0 Å². The van der Waals surface area contributed by atoms with E-state index in [4.69, 9.17) is 0 Å². The highest BCUT2D eigenvalue weighted by Gasteiger charge is 2.01. The van der Waals surface area contributed by atoms with Gasteiger partial charge in [-0.1, -0.05) is 0 Å². The second kappa shape index (κ2) is 3.76. The van der Waals surface area contributed by atoms with E-state index in [0.717, 1.165) is 0 Å². The fourth-order valence-electron chi connectivity index (χ4n) is 0.775. The van der Waals surface area contributed by atoms with Gasteiger partial charge in [-0.05, 0) is 13.8 Å². The lowest BCUT2D eigenvalue weighted by molar-refractivity contribution is -0.671. The molecule has 0 atom stereocenters. The SMILES string of the molecule is CC(C)n1cc[n+](C)c1.[Br-]. The zero-order valence-corrected chi connectivity index (χ0v) is 8.17. The Morgan fingerprint density at radius 2 is 2.00 bits per heavy atom. The van der Waals surface area contributed by atoms with Gasteiger partial charge in [0.25, 0.3) is 0 Å². The van der Waals surface area contributed by atoms with Gasteiger partial charge >= 0.3 is 0 Å². The molecule has 1 aromatic rings. The maximum atomic E-state index is 2.17. The fraction of sp³-hybridized carbons (Fsp3) is 0.571. The van der Waals surface area contributed by atoms with Crippen molar-refractivity contribution in [2.24, 2.45) is 7.05 Å². The molecule has 0 N–H and O–H groups in total. The van der Waals surface area contributed by atoms with Crippen molar-refractivity contribution >= 4 is 0 Å². The highest BCUT2D eigenvalue weighted by atomic mass is 79.9. The van der Waals surface area contributed by atoms with Gasteiger partial charge in [0.15, 0.2) is 0 Å². The average molecular weight is 205 g/mol. The van der Waals surface area contributed by atoms with E-state index >= 15 is 0 Å². The Morgan fingerprint density at radius 3 is 2.20 bits per heavy atom. The minimum atomic E-state index is 0. The molecule has 0 radical (unpaired) electrons. The van der Waals surface area contributed by atoms with Crippen LogP contribution >= 0.6 is 0 Å². The minimum Gasteiger partial charge on any atom is -1.00 e. The maximum absolute atomic E-state index is 2.17. The number of hydrogen-bond acceptors (Lipinski definition) is 0. The van der Waals surface area contributed by atoms with Gasteiger partial charge in [0.2, 0.25) is 6.33 Å². The maximum Gasteiger partial charge on any atom is 0.243 e. The van der Waals surface area contributed by atoms with Gasteiger partial charge in [0.1, 0.15) is 12.4 Å². The number of nitrogens with zero attached hydrogens (tertiary/aromatic N) is 2. The van der Waals surface area contributed by atoms with Gasteiger partial charge < -0.3 is 17.0 Å². The molecule has 10 heavy (non-hydrogen) atoms. The Balaban J connectivity index is 0.000000810. The van der Waals surface area contributed by atoms with Gasteiger partial charge in [0.05, 0.1) is 13.1 Å². The normalized spacial score (nSPS) is 9.60. The van der Waals surface area contributed by atoms with E-state index in [0.29, 0.717) is 6.04 Å². The summed E-state index contributed by atoms with van der Waals surface area (Å²) in [7, 11) is 2.03. The molecule has 0 aliphatic rings. The molecule has 0 saturated heterocycles. The lowest BCUT2D eigenvalue weighted by Gasteiger charge is -1.95. The largest absolute Gasteiger partial charge is 1.00 e. The molecule has 0 unspecified atom stereocenters.